The van der Waals surface area contributed by atoms with E-state index in [1.165, 1.54) is 0 Å². The fourth-order valence-electron chi connectivity index (χ4n) is 1.47. The average molecular weight is 264 g/mol. The van der Waals surface area contributed by atoms with E-state index in [1.54, 1.807) is 24.3 Å². The number of carboxylic acids is 1. The molecule has 1 amide bonds. The van der Waals surface area contributed by atoms with Gasteiger partial charge < -0.3 is 20.0 Å². The molecule has 0 radical (unpaired) electrons. The van der Waals surface area contributed by atoms with Gasteiger partial charge in [-0.1, -0.05) is 30.3 Å². The summed E-state index contributed by atoms with van der Waals surface area (Å²) in [6.07, 6.45) is -0.425. The van der Waals surface area contributed by atoms with Gasteiger partial charge in [-0.05, 0) is 5.56 Å². The van der Waals surface area contributed by atoms with Crippen LogP contribution < -0.4 is 10.4 Å². The Balaban J connectivity index is 2.57. The fourth-order valence-corrected chi connectivity index (χ4v) is 1.47. The first-order valence-corrected chi connectivity index (χ1v) is 5.64. The largest absolute Gasteiger partial charge is 0.548 e. The zero-order valence-electron chi connectivity index (χ0n) is 10.4. The Hall–Kier alpha value is -2.37. The minimum atomic E-state index is -1.52. The Morgan fingerprint density at radius 2 is 1.89 bits per heavy atom. The van der Waals surface area contributed by atoms with E-state index >= 15 is 0 Å². The molecule has 1 aromatic rings. The second-order valence-corrected chi connectivity index (χ2v) is 3.88. The molecule has 1 aromatic carbocycles. The van der Waals surface area contributed by atoms with E-state index in [9.17, 15) is 19.5 Å². The van der Waals surface area contributed by atoms with Crippen LogP contribution in [0.2, 0.25) is 0 Å². The number of ether oxygens (including phenoxy) is 1. The number of hydrogen-bond donors (Lipinski definition) is 1. The third-order valence-corrected chi connectivity index (χ3v) is 2.43. The number of carboxylic acid groups (broad SMARTS) is 1. The zero-order chi connectivity index (χ0) is 14.3. The van der Waals surface area contributed by atoms with Crippen LogP contribution in [0.25, 0.3) is 0 Å². The number of rotatable bonds is 6. The predicted molar refractivity (Wildman–Crippen MR) is 63.7 cm³/mol. The van der Waals surface area contributed by atoms with E-state index in [4.69, 9.17) is 0 Å². The van der Waals surface area contributed by atoms with Gasteiger partial charge in [-0.2, -0.15) is 0 Å². The molecule has 0 bridgehead atoms. The molecule has 1 rings (SSSR count). The predicted octanol–water partition coefficient (Wildman–Crippen LogP) is -0.973. The summed E-state index contributed by atoms with van der Waals surface area (Å²) in [7, 11) is 1.14. The summed E-state index contributed by atoms with van der Waals surface area (Å²) in [5, 5.41) is 13.0. The molecule has 1 atom stereocenters. The lowest BCUT2D eigenvalue weighted by atomic mass is 10.1. The van der Waals surface area contributed by atoms with E-state index in [0.717, 1.165) is 12.7 Å². The minimum absolute atomic E-state index is 0.0335. The maximum Gasteiger partial charge on any atom is 0.307 e. The monoisotopic (exact) mass is 264 g/mol. The van der Waals surface area contributed by atoms with Crippen molar-refractivity contribution in [3.63, 3.8) is 0 Å². The SMILES string of the molecule is COC(=O)C[C@H](NC(=O)Cc1ccccc1)C(=O)[O-]. The van der Waals surface area contributed by atoms with Crippen LogP contribution in [0.4, 0.5) is 0 Å². The molecule has 6 nitrogen and oxygen atoms in total. The Labute approximate surface area is 110 Å². The van der Waals surface area contributed by atoms with Gasteiger partial charge in [0.1, 0.15) is 0 Å². The van der Waals surface area contributed by atoms with Crippen LogP contribution in [0.15, 0.2) is 30.3 Å². The molecule has 0 unspecified atom stereocenters. The summed E-state index contributed by atoms with van der Waals surface area (Å²) in [4.78, 5) is 33.4. The smallest absolute Gasteiger partial charge is 0.307 e. The number of esters is 1. The highest BCUT2D eigenvalue weighted by atomic mass is 16.5. The van der Waals surface area contributed by atoms with Crippen molar-refractivity contribution in [2.24, 2.45) is 0 Å². The lowest BCUT2D eigenvalue weighted by molar-refractivity contribution is -0.308. The van der Waals surface area contributed by atoms with Gasteiger partial charge in [0.25, 0.3) is 0 Å². The molecule has 0 aliphatic heterocycles. The van der Waals surface area contributed by atoms with E-state index in [2.05, 4.69) is 10.1 Å². The van der Waals surface area contributed by atoms with Crippen molar-refractivity contribution in [3.8, 4) is 0 Å². The van der Waals surface area contributed by atoms with Crippen LogP contribution in [0.5, 0.6) is 0 Å². The van der Waals surface area contributed by atoms with Gasteiger partial charge in [0.2, 0.25) is 5.91 Å². The molecule has 0 aliphatic carbocycles. The van der Waals surface area contributed by atoms with Gasteiger partial charge in [0.15, 0.2) is 0 Å². The van der Waals surface area contributed by atoms with Crippen LogP contribution >= 0.6 is 0 Å². The number of benzene rings is 1. The molecule has 0 heterocycles. The van der Waals surface area contributed by atoms with Gasteiger partial charge >= 0.3 is 5.97 Å². The molecule has 19 heavy (non-hydrogen) atoms. The van der Waals surface area contributed by atoms with Gasteiger partial charge in [-0.3, -0.25) is 9.59 Å². The normalized spacial score (nSPS) is 11.4. The van der Waals surface area contributed by atoms with Crippen LogP contribution in [-0.4, -0.2) is 31.0 Å². The Morgan fingerprint density at radius 3 is 2.42 bits per heavy atom. The summed E-state index contributed by atoms with van der Waals surface area (Å²) < 4.78 is 4.35. The molecule has 0 aromatic heterocycles. The molecule has 0 fully saturated rings. The number of methoxy groups -OCH3 is 1. The molecule has 0 aliphatic rings. The van der Waals surface area contributed by atoms with Crippen molar-refractivity contribution in [3.05, 3.63) is 35.9 Å². The van der Waals surface area contributed by atoms with Gasteiger partial charge in [-0.25, -0.2) is 0 Å². The van der Waals surface area contributed by atoms with Crippen molar-refractivity contribution in [1.82, 2.24) is 5.32 Å². The third-order valence-electron chi connectivity index (χ3n) is 2.43. The maximum absolute atomic E-state index is 11.6. The lowest BCUT2D eigenvalue weighted by Crippen LogP contribution is -2.49. The van der Waals surface area contributed by atoms with Crippen LogP contribution in [0.1, 0.15) is 12.0 Å². The first-order chi connectivity index (χ1) is 9.02. The Bertz CT molecular complexity index is 457. The Kier molecular flexibility index (Phi) is 5.53. The second-order valence-electron chi connectivity index (χ2n) is 3.88. The molecular weight excluding hydrogens is 250 g/mol. The Morgan fingerprint density at radius 1 is 1.26 bits per heavy atom. The second kappa shape index (κ2) is 7.15. The first-order valence-electron chi connectivity index (χ1n) is 5.64. The van der Waals surface area contributed by atoms with Crippen molar-refractivity contribution >= 4 is 17.8 Å². The summed E-state index contributed by atoms with van der Waals surface area (Å²) in [6, 6.07) is 7.45. The highest BCUT2D eigenvalue weighted by Gasteiger charge is 2.18. The van der Waals surface area contributed by atoms with E-state index < -0.39 is 30.3 Å². The van der Waals surface area contributed by atoms with Crippen molar-refractivity contribution in [2.45, 2.75) is 18.9 Å². The van der Waals surface area contributed by atoms with Crippen LogP contribution in [0.3, 0.4) is 0 Å². The molecule has 1 N–H and O–H groups in total. The average Bonchev–Trinajstić information content (AvgIpc) is 2.38. The standard InChI is InChI=1S/C13H15NO5/c1-19-12(16)8-10(13(17)18)14-11(15)7-9-5-3-2-4-6-9/h2-6,10H,7-8H2,1H3,(H,14,15)(H,17,18)/p-1/t10-/m0/s1. The van der Waals surface area contributed by atoms with Crippen molar-refractivity contribution < 1.29 is 24.2 Å². The highest BCUT2D eigenvalue weighted by Crippen LogP contribution is 2.01. The topological polar surface area (TPSA) is 95.5 Å². The number of aliphatic carboxylic acids is 1. The van der Waals surface area contributed by atoms with E-state index in [1.807, 2.05) is 6.07 Å². The molecular formula is C13H14NO5-. The minimum Gasteiger partial charge on any atom is -0.548 e. The number of nitrogens with one attached hydrogen (secondary N) is 1. The number of amides is 1. The summed E-state index contributed by atoms with van der Waals surface area (Å²) in [5.74, 6) is -2.75. The molecule has 0 spiro atoms. The van der Waals surface area contributed by atoms with Crippen molar-refractivity contribution in [2.75, 3.05) is 7.11 Å². The molecule has 0 saturated heterocycles. The first kappa shape index (κ1) is 14.7. The molecule has 6 heteroatoms. The van der Waals surface area contributed by atoms with Gasteiger partial charge in [0.05, 0.1) is 32.0 Å². The number of carbonyl (C=O) groups is 3. The van der Waals surface area contributed by atoms with E-state index in [0.29, 0.717) is 0 Å². The fraction of sp³-hybridized carbons (Fsp3) is 0.308. The quantitative estimate of drug-likeness (QED) is 0.667. The van der Waals surface area contributed by atoms with Crippen LogP contribution in [-0.2, 0) is 25.5 Å². The summed E-state index contributed by atoms with van der Waals surface area (Å²) in [5.41, 5.74) is 0.746. The maximum atomic E-state index is 11.6. The van der Waals surface area contributed by atoms with Crippen molar-refractivity contribution in [1.29, 1.82) is 0 Å². The molecule has 102 valence electrons. The lowest BCUT2D eigenvalue weighted by Gasteiger charge is -2.18. The third kappa shape index (κ3) is 5.20. The van der Waals surface area contributed by atoms with Crippen LogP contribution in [0, 0.1) is 0 Å². The summed E-state index contributed by atoms with van der Waals surface area (Å²) >= 11 is 0. The van der Waals surface area contributed by atoms with E-state index in [-0.39, 0.29) is 6.42 Å². The van der Waals surface area contributed by atoms with Gasteiger partial charge in [-0.15, -0.1) is 0 Å². The number of hydrogen-bond acceptors (Lipinski definition) is 5. The summed E-state index contributed by atoms with van der Waals surface area (Å²) in [6.45, 7) is 0. The number of carbonyl (C=O) groups excluding carboxylic acids is 3. The molecule has 0 saturated carbocycles. The zero-order valence-corrected chi connectivity index (χ0v) is 10.4. The van der Waals surface area contributed by atoms with Gasteiger partial charge in [0, 0.05) is 0 Å². The highest BCUT2D eigenvalue weighted by molar-refractivity contribution is 5.87.